The average Bonchev–Trinajstić information content (AvgIpc) is 2.58. The number of nitrogens with one attached hydrogen (secondary N) is 1. The van der Waals surface area contributed by atoms with Gasteiger partial charge in [-0.1, -0.05) is 17.8 Å². The Labute approximate surface area is 142 Å². The minimum Gasteiger partial charge on any atom is -0.322 e. The van der Waals surface area contributed by atoms with Crippen molar-refractivity contribution in [1.29, 1.82) is 0 Å². The van der Waals surface area contributed by atoms with Crippen LogP contribution in [0.2, 0.25) is 0 Å². The van der Waals surface area contributed by atoms with Crippen molar-refractivity contribution in [3.8, 4) is 0 Å². The third-order valence-corrected chi connectivity index (χ3v) is 4.09. The Hall–Kier alpha value is -2.93. The molecule has 0 aliphatic rings. The van der Waals surface area contributed by atoms with Gasteiger partial charge in [0.05, 0.1) is 0 Å². The molecule has 7 heteroatoms. The lowest BCUT2D eigenvalue weighted by Crippen LogP contribution is -2.20. The first-order valence-corrected chi connectivity index (χ1v) is 7.96. The van der Waals surface area contributed by atoms with Crippen molar-refractivity contribution in [2.75, 3.05) is 5.32 Å². The minimum atomic E-state index is -0.340. The van der Waals surface area contributed by atoms with Crippen molar-refractivity contribution >= 4 is 23.4 Å². The summed E-state index contributed by atoms with van der Waals surface area (Å²) in [6.45, 7) is 0. The van der Waals surface area contributed by atoms with E-state index in [0.29, 0.717) is 11.3 Å². The van der Waals surface area contributed by atoms with E-state index in [-0.39, 0.29) is 11.5 Å². The predicted octanol–water partition coefficient (Wildman–Crippen LogP) is 2.58. The van der Waals surface area contributed by atoms with Gasteiger partial charge in [-0.25, -0.2) is 9.97 Å². The van der Waals surface area contributed by atoms with Crippen LogP contribution < -0.4 is 10.9 Å². The van der Waals surface area contributed by atoms with Crippen molar-refractivity contribution in [3.63, 3.8) is 0 Å². The molecule has 1 amide bonds. The van der Waals surface area contributed by atoms with Crippen molar-refractivity contribution in [2.45, 2.75) is 10.1 Å². The number of hydrogen-bond acceptors (Lipinski definition) is 5. The molecule has 0 atom stereocenters. The number of carbonyl (C=O) groups excluding carboxylic acids is 1. The molecule has 24 heavy (non-hydrogen) atoms. The van der Waals surface area contributed by atoms with Gasteiger partial charge < -0.3 is 9.88 Å². The number of aromatic nitrogens is 3. The number of carbonyl (C=O) groups is 1. The molecule has 0 saturated heterocycles. The van der Waals surface area contributed by atoms with Crippen molar-refractivity contribution in [2.24, 2.45) is 7.05 Å². The molecule has 0 aliphatic carbocycles. The molecule has 3 rings (SSSR count). The lowest BCUT2D eigenvalue weighted by molar-refractivity contribution is 0.102. The normalized spacial score (nSPS) is 10.4. The summed E-state index contributed by atoms with van der Waals surface area (Å²) < 4.78 is 1.41. The maximum absolute atomic E-state index is 12.2. The monoisotopic (exact) mass is 338 g/mol. The van der Waals surface area contributed by atoms with Gasteiger partial charge in [-0.05, 0) is 30.3 Å². The Balaban J connectivity index is 1.75. The molecule has 0 aromatic carbocycles. The van der Waals surface area contributed by atoms with E-state index in [1.165, 1.54) is 22.4 Å². The summed E-state index contributed by atoms with van der Waals surface area (Å²) in [5.41, 5.74) is 0.687. The van der Waals surface area contributed by atoms with Gasteiger partial charge >= 0.3 is 0 Å². The summed E-state index contributed by atoms with van der Waals surface area (Å²) in [6.07, 6.45) is 4.89. The molecule has 0 unspecified atom stereocenters. The van der Waals surface area contributed by atoms with Crippen LogP contribution in [0.4, 0.5) is 5.69 Å². The van der Waals surface area contributed by atoms with Crippen LogP contribution in [0.25, 0.3) is 0 Å². The lowest BCUT2D eigenvalue weighted by Gasteiger charge is -2.07. The van der Waals surface area contributed by atoms with Gasteiger partial charge in [0.2, 0.25) is 0 Å². The standard InChI is InChI=1S/C17H14N4O2S/c1-21-9-6-12(10-16(21)22)17(23)20-13-5-8-19-15(11-13)24-14-4-2-3-7-18-14/h2-11H,1H3,(H,19,20,23). The van der Waals surface area contributed by atoms with Crippen LogP contribution in [0.1, 0.15) is 10.4 Å². The molecule has 3 aromatic rings. The van der Waals surface area contributed by atoms with E-state index >= 15 is 0 Å². The Morgan fingerprint density at radius 2 is 1.92 bits per heavy atom. The molecule has 6 nitrogen and oxygen atoms in total. The predicted molar refractivity (Wildman–Crippen MR) is 92.2 cm³/mol. The molecule has 0 spiro atoms. The fourth-order valence-electron chi connectivity index (χ4n) is 1.95. The second-order valence-electron chi connectivity index (χ2n) is 4.97. The number of nitrogens with zero attached hydrogens (tertiary/aromatic N) is 3. The summed E-state index contributed by atoms with van der Waals surface area (Å²) in [4.78, 5) is 32.4. The zero-order valence-corrected chi connectivity index (χ0v) is 13.7. The number of amides is 1. The summed E-state index contributed by atoms with van der Waals surface area (Å²) in [5.74, 6) is -0.340. The van der Waals surface area contributed by atoms with E-state index < -0.39 is 0 Å². The minimum absolute atomic E-state index is 0.233. The van der Waals surface area contributed by atoms with E-state index in [1.807, 2.05) is 18.2 Å². The topological polar surface area (TPSA) is 76.9 Å². The molecule has 0 aliphatic heterocycles. The zero-order chi connectivity index (χ0) is 16.9. The quantitative estimate of drug-likeness (QED) is 0.791. The van der Waals surface area contributed by atoms with E-state index in [0.717, 1.165) is 10.1 Å². The molecular weight excluding hydrogens is 324 g/mol. The molecule has 120 valence electrons. The lowest BCUT2D eigenvalue weighted by atomic mass is 10.2. The van der Waals surface area contributed by atoms with Gasteiger partial charge in [0.15, 0.2) is 0 Å². The molecule has 3 aromatic heterocycles. The highest BCUT2D eigenvalue weighted by Gasteiger charge is 2.08. The van der Waals surface area contributed by atoms with Gasteiger partial charge in [0, 0.05) is 43.0 Å². The highest BCUT2D eigenvalue weighted by atomic mass is 32.2. The van der Waals surface area contributed by atoms with Crippen LogP contribution in [-0.4, -0.2) is 20.4 Å². The molecule has 0 radical (unpaired) electrons. The first-order valence-electron chi connectivity index (χ1n) is 7.15. The van der Waals surface area contributed by atoms with E-state index in [4.69, 9.17) is 0 Å². The molecule has 0 fully saturated rings. The molecular formula is C17H14N4O2S. The van der Waals surface area contributed by atoms with E-state index in [2.05, 4.69) is 15.3 Å². The molecule has 1 N–H and O–H groups in total. The highest BCUT2D eigenvalue weighted by Crippen LogP contribution is 2.25. The maximum Gasteiger partial charge on any atom is 0.255 e. The Kier molecular flexibility index (Phi) is 4.72. The SMILES string of the molecule is Cn1ccc(C(=O)Nc2ccnc(Sc3ccccn3)c2)cc1=O. The van der Waals surface area contributed by atoms with Crippen LogP contribution in [0.15, 0.2) is 75.9 Å². The van der Waals surface area contributed by atoms with Crippen molar-refractivity contribution in [3.05, 3.63) is 77.0 Å². The van der Waals surface area contributed by atoms with Crippen molar-refractivity contribution < 1.29 is 4.79 Å². The van der Waals surface area contributed by atoms with Crippen LogP contribution in [0.3, 0.4) is 0 Å². The molecule has 0 saturated carbocycles. The fraction of sp³-hybridized carbons (Fsp3) is 0.0588. The second-order valence-corrected chi connectivity index (χ2v) is 6.01. The summed E-state index contributed by atoms with van der Waals surface area (Å²) >= 11 is 1.40. The summed E-state index contributed by atoms with van der Waals surface area (Å²) in [6, 6.07) is 12.0. The number of rotatable bonds is 4. The maximum atomic E-state index is 12.2. The molecule has 3 heterocycles. The van der Waals surface area contributed by atoms with E-state index in [1.54, 1.807) is 43.8 Å². The number of hydrogen-bond donors (Lipinski definition) is 1. The van der Waals surface area contributed by atoms with Gasteiger partial charge in [-0.2, -0.15) is 0 Å². The second kappa shape index (κ2) is 7.10. The Bertz CT molecular complexity index is 925. The number of pyridine rings is 3. The largest absolute Gasteiger partial charge is 0.322 e. The molecule has 0 bridgehead atoms. The fourth-order valence-corrected chi connectivity index (χ4v) is 2.72. The third-order valence-electron chi connectivity index (χ3n) is 3.21. The van der Waals surface area contributed by atoms with Crippen LogP contribution in [-0.2, 0) is 7.05 Å². The Morgan fingerprint density at radius 3 is 2.67 bits per heavy atom. The van der Waals surface area contributed by atoms with Crippen LogP contribution >= 0.6 is 11.8 Å². The average molecular weight is 338 g/mol. The first-order chi connectivity index (χ1) is 11.6. The van der Waals surface area contributed by atoms with Gasteiger partial charge in [0.1, 0.15) is 10.1 Å². The number of anilines is 1. The highest BCUT2D eigenvalue weighted by molar-refractivity contribution is 7.99. The van der Waals surface area contributed by atoms with Gasteiger partial charge in [0.25, 0.3) is 11.5 Å². The number of aryl methyl sites for hydroxylation is 1. The van der Waals surface area contributed by atoms with Crippen molar-refractivity contribution in [1.82, 2.24) is 14.5 Å². The van der Waals surface area contributed by atoms with Gasteiger partial charge in [-0.3, -0.25) is 9.59 Å². The summed E-state index contributed by atoms with van der Waals surface area (Å²) in [7, 11) is 1.63. The Morgan fingerprint density at radius 1 is 1.08 bits per heavy atom. The van der Waals surface area contributed by atoms with E-state index in [9.17, 15) is 9.59 Å². The smallest absolute Gasteiger partial charge is 0.255 e. The van der Waals surface area contributed by atoms with Gasteiger partial charge in [-0.15, -0.1) is 0 Å². The third kappa shape index (κ3) is 3.88. The van der Waals surface area contributed by atoms with Crippen LogP contribution in [0, 0.1) is 0 Å². The zero-order valence-electron chi connectivity index (χ0n) is 12.8. The van der Waals surface area contributed by atoms with Crippen LogP contribution in [0.5, 0.6) is 0 Å². The summed E-state index contributed by atoms with van der Waals surface area (Å²) in [5, 5.41) is 4.31. The first kappa shape index (κ1) is 15.9.